The molecule has 0 spiro atoms. The molecule has 6 heterocycles. The lowest BCUT2D eigenvalue weighted by Crippen LogP contribution is -2.25. The molecule has 2 aliphatic heterocycles. The van der Waals surface area contributed by atoms with Crippen molar-refractivity contribution < 1.29 is 22.4 Å². The minimum absolute atomic E-state index is 0.236. The number of carbonyl (C=O) groups is 1. The molecular formula is C40H34F4N12O. The highest BCUT2D eigenvalue weighted by atomic mass is 19.1. The Labute approximate surface area is 323 Å². The van der Waals surface area contributed by atoms with E-state index in [-0.39, 0.29) is 12.1 Å². The minimum atomic E-state index is -0.523. The number of nitrogens with one attached hydrogen (secondary N) is 2. The normalized spacial score (nSPS) is 16.4. The lowest BCUT2D eigenvalue weighted by atomic mass is 10.0. The maximum atomic E-state index is 14.4. The molecule has 9 rings (SSSR count). The third-order valence-electron chi connectivity index (χ3n) is 9.94. The smallest absolute Gasteiger partial charge is 0.324 e. The van der Waals surface area contributed by atoms with Gasteiger partial charge in [0.25, 0.3) is 0 Å². The number of imidazole rings is 2. The molecule has 3 aromatic carbocycles. The lowest BCUT2D eigenvalue weighted by molar-refractivity contribution is 0.262. The van der Waals surface area contributed by atoms with E-state index in [2.05, 4.69) is 30.8 Å². The van der Waals surface area contributed by atoms with Crippen molar-refractivity contribution in [2.24, 2.45) is 0 Å². The zero-order valence-corrected chi connectivity index (χ0v) is 30.2. The van der Waals surface area contributed by atoms with Gasteiger partial charge in [-0.2, -0.15) is 14.3 Å². The number of hydrogen-bond donors (Lipinski definition) is 3. The monoisotopic (exact) mass is 774 g/mol. The van der Waals surface area contributed by atoms with Crippen LogP contribution in [0.5, 0.6) is 0 Å². The first-order valence-electron chi connectivity index (χ1n) is 18.1. The second-order valence-electron chi connectivity index (χ2n) is 13.6. The van der Waals surface area contributed by atoms with Gasteiger partial charge in [0, 0.05) is 29.9 Å². The number of rotatable bonds is 6. The third-order valence-corrected chi connectivity index (χ3v) is 9.94. The molecule has 0 radical (unpaired) electrons. The van der Waals surface area contributed by atoms with Crippen LogP contribution >= 0.6 is 0 Å². The number of urea groups is 1. The average Bonchev–Trinajstić information content (AvgIpc) is 4.04. The molecule has 4 N–H and O–H groups in total. The number of nitrogens with zero attached hydrogens (tertiary/aromatic N) is 9. The Morgan fingerprint density at radius 2 is 1.30 bits per heavy atom. The van der Waals surface area contributed by atoms with E-state index in [0.29, 0.717) is 69.9 Å². The Bertz CT molecular complexity index is 2660. The fraction of sp³-hybridized carbons (Fsp3) is 0.200. The van der Waals surface area contributed by atoms with Crippen LogP contribution < -0.4 is 26.2 Å². The summed E-state index contributed by atoms with van der Waals surface area (Å²) in [6.45, 7) is 1.36. The number of aromatic nitrogens is 6. The number of halogens is 4. The third kappa shape index (κ3) is 7.57. The fourth-order valence-electron chi connectivity index (χ4n) is 7.35. The molecule has 7 aromatic rings. The van der Waals surface area contributed by atoms with Crippen LogP contribution in [0.15, 0.2) is 97.3 Å². The summed E-state index contributed by atoms with van der Waals surface area (Å²) in [5, 5.41) is 23.5. The highest BCUT2D eigenvalue weighted by molar-refractivity contribution is 5.99. The minimum Gasteiger partial charge on any atom is -0.382 e. The van der Waals surface area contributed by atoms with E-state index in [1.165, 1.54) is 28.9 Å². The molecule has 4 aromatic heterocycles. The second-order valence-corrected chi connectivity index (χ2v) is 13.6. The zero-order valence-electron chi connectivity index (χ0n) is 30.2. The molecule has 0 unspecified atom stereocenters. The summed E-state index contributed by atoms with van der Waals surface area (Å²) in [4.78, 5) is 24.8. The van der Waals surface area contributed by atoms with Crippen molar-refractivity contribution in [2.75, 3.05) is 39.3 Å². The molecule has 0 saturated carbocycles. The summed E-state index contributed by atoms with van der Waals surface area (Å²) in [5.41, 5.74) is 8.56. The molecule has 0 bridgehead atoms. The number of fused-ring (bicyclic) bond motifs is 2. The number of nitrogens with two attached hydrogens (primary N) is 1. The van der Waals surface area contributed by atoms with Crippen molar-refractivity contribution in [3.05, 3.63) is 137 Å². The second kappa shape index (κ2) is 15.5. The predicted molar refractivity (Wildman–Crippen MR) is 206 cm³/mol. The summed E-state index contributed by atoms with van der Waals surface area (Å²) in [6, 6.07) is 21.7. The molecule has 288 valence electrons. The van der Waals surface area contributed by atoms with Gasteiger partial charge in [-0.05, 0) is 105 Å². The van der Waals surface area contributed by atoms with Crippen molar-refractivity contribution in [1.82, 2.24) is 29.2 Å². The van der Waals surface area contributed by atoms with Crippen LogP contribution in [0.2, 0.25) is 0 Å². The summed E-state index contributed by atoms with van der Waals surface area (Å²) in [5.74, 6) is 0.228. The van der Waals surface area contributed by atoms with E-state index < -0.39 is 29.3 Å². The number of nitrogen functional groups attached to an aromatic ring is 1. The Hall–Kier alpha value is -7.22. The molecule has 2 saturated heterocycles. The molecule has 13 nitrogen and oxygen atoms in total. The van der Waals surface area contributed by atoms with Crippen molar-refractivity contribution in [3.8, 4) is 6.07 Å². The van der Waals surface area contributed by atoms with Crippen LogP contribution in [0, 0.1) is 34.6 Å². The average molecular weight is 775 g/mol. The molecular weight excluding hydrogens is 741 g/mol. The van der Waals surface area contributed by atoms with Crippen LogP contribution in [0.3, 0.4) is 0 Å². The van der Waals surface area contributed by atoms with Crippen molar-refractivity contribution in [1.29, 1.82) is 5.26 Å². The quantitative estimate of drug-likeness (QED) is 0.144. The van der Waals surface area contributed by atoms with Gasteiger partial charge in [-0.25, -0.2) is 32.3 Å². The first-order valence-corrected chi connectivity index (χ1v) is 18.1. The number of nitriles is 1. The van der Waals surface area contributed by atoms with E-state index >= 15 is 0 Å². The van der Waals surface area contributed by atoms with Crippen LogP contribution in [-0.4, -0.2) is 48.3 Å². The van der Waals surface area contributed by atoms with Crippen molar-refractivity contribution in [2.45, 2.75) is 37.8 Å². The summed E-state index contributed by atoms with van der Waals surface area (Å²) in [6.07, 6.45) is 6.13. The highest BCUT2D eigenvalue weighted by Gasteiger charge is 2.31. The molecule has 2 fully saturated rings. The fourth-order valence-corrected chi connectivity index (χ4v) is 7.35. The van der Waals surface area contributed by atoms with Gasteiger partial charge in [-0.3, -0.25) is 5.32 Å². The van der Waals surface area contributed by atoms with Gasteiger partial charge in [-0.15, -0.1) is 10.2 Å². The van der Waals surface area contributed by atoms with Gasteiger partial charge < -0.3 is 20.9 Å². The SMILES string of the molecule is N#Cc1cccc(NC(=O)Nc2cnc3ccc(N4CCC[C@@H]4c4cc(F)ccc4F)nn23)c1.Nc1cnc2ccc(N3CCC[C@@H]3c3cc(F)ccc3F)nn12. The molecule has 57 heavy (non-hydrogen) atoms. The van der Waals surface area contributed by atoms with Crippen molar-refractivity contribution in [3.63, 3.8) is 0 Å². The Kier molecular flexibility index (Phi) is 9.99. The van der Waals surface area contributed by atoms with Gasteiger partial charge in [0.1, 0.15) is 40.7 Å². The standard InChI is InChI=1S/C24H19F2N7O.C16H15F2N5/c25-16-6-7-19(26)18(12-16)20-5-2-10-32(20)22-9-8-21-28-14-23(33(21)31-22)30-24(34)29-17-4-1-3-15(11-17)13-27;17-10-3-4-12(18)11(8-10)13-2-1-7-22(13)16-6-5-15-20-9-14(19)23(15)21-16/h1,3-4,6-9,11-12,14,20H,2,5,10H2,(H2,29,30,34);3-6,8-9,13H,1-2,7,19H2/t20-;13-/m11/s1. The van der Waals surface area contributed by atoms with Crippen molar-refractivity contribution >= 4 is 46.3 Å². The zero-order chi connectivity index (χ0) is 39.6. The maximum absolute atomic E-state index is 14.4. The van der Waals surface area contributed by atoms with Crippen LogP contribution in [-0.2, 0) is 0 Å². The first kappa shape index (κ1) is 36.7. The topological polar surface area (TPSA) is 158 Å². The number of benzene rings is 3. The van der Waals surface area contributed by atoms with E-state index in [4.69, 9.17) is 11.0 Å². The number of anilines is 5. The van der Waals surface area contributed by atoms with Crippen LogP contribution in [0.25, 0.3) is 11.3 Å². The van der Waals surface area contributed by atoms with E-state index in [1.54, 1.807) is 47.1 Å². The summed E-state index contributed by atoms with van der Waals surface area (Å²) in [7, 11) is 0. The molecule has 2 amide bonds. The first-order chi connectivity index (χ1) is 27.6. The van der Waals surface area contributed by atoms with Gasteiger partial charge in [0.2, 0.25) is 0 Å². The van der Waals surface area contributed by atoms with Crippen LogP contribution in [0.1, 0.15) is 54.5 Å². The maximum Gasteiger partial charge on any atom is 0.324 e. The number of carbonyl (C=O) groups excluding carboxylic acids is 1. The molecule has 0 aliphatic carbocycles. The summed E-state index contributed by atoms with van der Waals surface area (Å²) < 4.78 is 58.9. The van der Waals surface area contributed by atoms with Gasteiger partial charge in [0.05, 0.1) is 36.1 Å². The number of hydrogen-bond acceptors (Lipinski definition) is 9. The highest BCUT2D eigenvalue weighted by Crippen LogP contribution is 2.38. The Morgan fingerprint density at radius 1 is 0.719 bits per heavy atom. The predicted octanol–water partition coefficient (Wildman–Crippen LogP) is 7.80. The van der Waals surface area contributed by atoms with Crippen LogP contribution in [0.4, 0.5) is 51.3 Å². The van der Waals surface area contributed by atoms with Gasteiger partial charge in [-0.1, -0.05) is 6.07 Å². The largest absolute Gasteiger partial charge is 0.382 e. The Balaban J connectivity index is 0.000000172. The lowest BCUT2D eigenvalue weighted by Gasteiger charge is -2.26. The molecule has 2 atom stereocenters. The van der Waals surface area contributed by atoms with E-state index in [1.807, 2.05) is 28.0 Å². The van der Waals surface area contributed by atoms with Gasteiger partial charge >= 0.3 is 6.03 Å². The van der Waals surface area contributed by atoms with Gasteiger partial charge in [0.15, 0.2) is 17.1 Å². The molecule has 17 heteroatoms. The summed E-state index contributed by atoms with van der Waals surface area (Å²) >= 11 is 0. The van der Waals surface area contributed by atoms with E-state index in [0.717, 1.165) is 44.0 Å². The Morgan fingerprint density at radius 3 is 1.91 bits per heavy atom. The van der Waals surface area contributed by atoms with E-state index in [9.17, 15) is 22.4 Å². The molecule has 2 aliphatic rings. The number of amides is 2.